The maximum atomic E-state index is 12.7. The predicted molar refractivity (Wildman–Crippen MR) is 77.7 cm³/mol. The maximum Gasteiger partial charge on any atom is 0.258 e. The zero-order valence-corrected chi connectivity index (χ0v) is 12.2. The first kappa shape index (κ1) is 14.2. The first-order chi connectivity index (χ1) is 10.2. The zero-order valence-electron chi connectivity index (χ0n) is 12.2. The Hall–Kier alpha value is -1.75. The molecule has 1 saturated heterocycles. The molecule has 21 heavy (non-hydrogen) atoms. The number of rotatable bonds is 2. The Balaban J connectivity index is 1.83. The highest BCUT2D eigenvalue weighted by Crippen LogP contribution is 2.31. The molecule has 2 unspecified atom stereocenters. The molecule has 1 N–H and O–H groups in total. The Morgan fingerprint density at radius 3 is 2.95 bits per heavy atom. The molecule has 1 saturated carbocycles. The smallest absolute Gasteiger partial charge is 0.258 e. The first-order valence-electron chi connectivity index (χ1n) is 7.50. The molecule has 1 aliphatic carbocycles. The molecular formula is C16H21NO4. The van der Waals surface area contributed by atoms with Crippen LogP contribution in [-0.4, -0.2) is 48.3 Å². The molecule has 0 aromatic heterocycles. The summed E-state index contributed by atoms with van der Waals surface area (Å²) in [5.74, 6) is 0.398. The number of nitrogens with zero attached hydrogens (tertiary/aromatic N) is 1. The van der Waals surface area contributed by atoms with Crippen molar-refractivity contribution in [3.8, 4) is 11.5 Å². The van der Waals surface area contributed by atoms with E-state index in [4.69, 9.17) is 9.47 Å². The lowest BCUT2D eigenvalue weighted by Crippen LogP contribution is -2.54. The summed E-state index contributed by atoms with van der Waals surface area (Å²) in [6.07, 6.45) is 4.44. The number of phenolic OH excluding ortho intramolecular Hbond substituents is 1. The van der Waals surface area contributed by atoms with Gasteiger partial charge in [-0.1, -0.05) is 12.8 Å². The minimum absolute atomic E-state index is 0.0294. The van der Waals surface area contributed by atoms with Crippen molar-refractivity contribution in [2.75, 3.05) is 20.3 Å². The number of amides is 1. The molecule has 2 aliphatic rings. The number of methoxy groups -OCH3 is 1. The number of benzene rings is 1. The summed E-state index contributed by atoms with van der Waals surface area (Å²) in [7, 11) is 1.53. The average Bonchev–Trinajstić information content (AvgIpc) is 2.53. The molecule has 0 bridgehead atoms. The van der Waals surface area contributed by atoms with E-state index in [9.17, 15) is 9.90 Å². The van der Waals surface area contributed by atoms with Gasteiger partial charge in [-0.2, -0.15) is 0 Å². The molecule has 2 fully saturated rings. The van der Waals surface area contributed by atoms with Gasteiger partial charge < -0.3 is 19.5 Å². The van der Waals surface area contributed by atoms with Crippen LogP contribution in [0.15, 0.2) is 18.2 Å². The number of fused-ring (bicyclic) bond motifs is 1. The number of morpholine rings is 1. The number of aromatic hydroxyl groups is 1. The van der Waals surface area contributed by atoms with Crippen molar-refractivity contribution in [3.63, 3.8) is 0 Å². The second-order valence-corrected chi connectivity index (χ2v) is 5.64. The van der Waals surface area contributed by atoms with Crippen LogP contribution in [0.2, 0.25) is 0 Å². The Kier molecular flexibility index (Phi) is 4.01. The van der Waals surface area contributed by atoms with E-state index < -0.39 is 0 Å². The van der Waals surface area contributed by atoms with Gasteiger partial charge in [-0.15, -0.1) is 0 Å². The van der Waals surface area contributed by atoms with Crippen LogP contribution >= 0.6 is 0 Å². The molecule has 1 aromatic carbocycles. The van der Waals surface area contributed by atoms with Crippen molar-refractivity contribution in [1.29, 1.82) is 0 Å². The van der Waals surface area contributed by atoms with Crippen LogP contribution < -0.4 is 4.74 Å². The highest BCUT2D eigenvalue weighted by atomic mass is 16.5. The van der Waals surface area contributed by atoms with Gasteiger partial charge in [0.1, 0.15) is 11.5 Å². The number of phenols is 1. The number of hydrogen-bond acceptors (Lipinski definition) is 4. The van der Waals surface area contributed by atoms with Gasteiger partial charge in [0.05, 0.1) is 31.4 Å². The molecule has 1 amide bonds. The first-order valence-corrected chi connectivity index (χ1v) is 7.50. The quantitative estimate of drug-likeness (QED) is 0.907. The predicted octanol–water partition coefficient (Wildman–Crippen LogP) is 2.18. The number of ether oxygens (including phenoxy) is 2. The lowest BCUT2D eigenvalue weighted by molar-refractivity contribution is -0.0753. The Labute approximate surface area is 124 Å². The minimum Gasteiger partial charge on any atom is -0.507 e. The van der Waals surface area contributed by atoms with Gasteiger partial charge in [-0.3, -0.25) is 4.79 Å². The van der Waals surface area contributed by atoms with Gasteiger partial charge in [0.15, 0.2) is 0 Å². The third kappa shape index (κ3) is 2.70. The van der Waals surface area contributed by atoms with E-state index in [0.29, 0.717) is 24.5 Å². The topological polar surface area (TPSA) is 59.0 Å². The summed E-state index contributed by atoms with van der Waals surface area (Å²) >= 11 is 0. The standard InChI is InChI=1S/C16H21NO4/c1-20-11-6-7-12(14(18)10-11)16(19)17-8-9-21-15-5-3-2-4-13(15)17/h6-7,10,13,15,18H,2-5,8-9H2,1H3. The van der Waals surface area contributed by atoms with Crippen molar-refractivity contribution in [2.45, 2.75) is 37.8 Å². The van der Waals surface area contributed by atoms with Crippen molar-refractivity contribution in [2.24, 2.45) is 0 Å². The van der Waals surface area contributed by atoms with E-state index in [0.717, 1.165) is 25.7 Å². The van der Waals surface area contributed by atoms with E-state index in [1.165, 1.54) is 13.2 Å². The molecule has 114 valence electrons. The van der Waals surface area contributed by atoms with Crippen molar-refractivity contribution >= 4 is 5.91 Å². The van der Waals surface area contributed by atoms with E-state index in [1.54, 1.807) is 12.1 Å². The van der Waals surface area contributed by atoms with Gasteiger partial charge in [0.2, 0.25) is 0 Å². The zero-order chi connectivity index (χ0) is 14.8. The second-order valence-electron chi connectivity index (χ2n) is 5.64. The molecule has 0 radical (unpaired) electrons. The van der Waals surface area contributed by atoms with Crippen molar-refractivity contribution < 1.29 is 19.4 Å². The molecule has 1 heterocycles. The van der Waals surface area contributed by atoms with E-state index >= 15 is 0 Å². The third-order valence-corrected chi connectivity index (χ3v) is 4.43. The summed E-state index contributed by atoms with van der Waals surface area (Å²) in [6, 6.07) is 4.95. The lowest BCUT2D eigenvalue weighted by Gasteiger charge is -2.43. The van der Waals surface area contributed by atoms with Gasteiger partial charge in [-0.25, -0.2) is 0 Å². The summed E-state index contributed by atoms with van der Waals surface area (Å²) < 4.78 is 10.8. The van der Waals surface area contributed by atoms with Crippen LogP contribution in [0.25, 0.3) is 0 Å². The maximum absolute atomic E-state index is 12.7. The average molecular weight is 291 g/mol. The van der Waals surface area contributed by atoms with Crippen molar-refractivity contribution in [1.82, 2.24) is 4.90 Å². The number of carbonyl (C=O) groups is 1. The molecule has 5 heteroatoms. The molecule has 2 atom stereocenters. The van der Waals surface area contributed by atoms with Gasteiger partial charge >= 0.3 is 0 Å². The summed E-state index contributed by atoms with van der Waals surface area (Å²) in [5.41, 5.74) is 0.335. The summed E-state index contributed by atoms with van der Waals surface area (Å²) in [6.45, 7) is 1.16. The van der Waals surface area contributed by atoms with E-state index in [1.807, 2.05) is 4.90 Å². The monoisotopic (exact) mass is 291 g/mol. The normalized spacial score (nSPS) is 25.3. The SMILES string of the molecule is COc1ccc(C(=O)N2CCOC3CCCCC32)c(O)c1. The van der Waals surface area contributed by atoms with Crippen LogP contribution in [0.3, 0.4) is 0 Å². The van der Waals surface area contributed by atoms with Gasteiger partial charge in [-0.05, 0) is 25.0 Å². The fraction of sp³-hybridized carbons (Fsp3) is 0.562. The molecule has 5 nitrogen and oxygen atoms in total. The lowest BCUT2D eigenvalue weighted by atomic mass is 9.89. The molecule has 0 spiro atoms. The van der Waals surface area contributed by atoms with Crippen LogP contribution in [0, 0.1) is 0 Å². The fourth-order valence-corrected chi connectivity index (χ4v) is 3.32. The van der Waals surface area contributed by atoms with E-state index in [-0.39, 0.29) is 23.8 Å². The number of carbonyl (C=O) groups excluding carboxylic acids is 1. The highest BCUT2D eigenvalue weighted by molar-refractivity contribution is 5.97. The fourth-order valence-electron chi connectivity index (χ4n) is 3.32. The largest absolute Gasteiger partial charge is 0.507 e. The molecule has 3 rings (SSSR count). The second kappa shape index (κ2) is 5.93. The van der Waals surface area contributed by atoms with Crippen LogP contribution in [-0.2, 0) is 4.74 Å². The summed E-state index contributed by atoms with van der Waals surface area (Å²) in [5, 5.41) is 10.1. The Morgan fingerprint density at radius 2 is 2.19 bits per heavy atom. The van der Waals surface area contributed by atoms with Gasteiger partial charge in [0, 0.05) is 12.6 Å². The number of hydrogen-bond donors (Lipinski definition) is 1. The highest BCUT2D eigenvalue weighted by Gasteiger charge is 2.37. The Morgan fingerprint density at radius 1 is 1.38 bits per heavy atom. The molecular weight excluding hydrogens is 270 g/mol. The van der Waals surface area contributed by atoms with Gasteiger partial charge in [0.25, 0.3) is 5.91 Å². The Bertz CT molecular complexity index is 529. The van der Waals surface area contributed by atoms with Crippen molar-refractivity contribution in [3.05, 3.63) is 23.8 Å². The molecule has 1 aliphatic heterocycles. The van der Waals surface area contributed by atoms with Crippen LogP contribution in [0.5, 0.6) is 11.5 Å². The third-order valence-electron chi connectivity index (χ3n) is 4.43. The van der Waals surface area contributed by atoms with Crippen LogP contribution in [0.4, 0.5) is 0 Å². The van der Waals surface area contributed by atoms with Crippen LogP contribution in [0.1, 0.15) is 36.0 Å². The summed E-state index contributed by atoms with van der Waals surface area (Å²) in [4.78, 5) is 14.6. The van der Waals surface area contributed by atoms with E-state index in [2.05, 4.69) is 0 Å². The molecule has 1 aromatic rings. The minimum atomic E-state index is -0.115.